The molecule has 2 saturated carbocycles. The molecule has 2 aliphatic carbocycles. The van der Waals surface area contributed by atoms with Gasteiger partial charge in [0.2, 0.25) is 0 Å². The number of carboxylic acid groups (broad SMARTS) is 1. The fraction of sp³-hybridized carbons (Fsp3) is 0.438. The van der Waals surface area contributed by atoms with Crippen LogP contribution in [-0.4, -0.2) is 32.6 Å². The maximum absolute atomic E-state index is 12.4. The highest BCUT2D eigenvalue weighted by molar-refractivity contribution is 5.95. The second kappa shape index (κ2) is 4.83. The molecule has 114 valence electrons. The van der Waals surface area contributed by atoms with Crippen molar-refractivity contribution in [3.05, 3.63) is 36.2 Å². The summed E-state index contributed by atoms with van der Waals surface area (Å²) in [5.74, 6) is -0.489. The first-order valence-electron chi connectivity index (χ1n) is 7.59. The minimum absolute atomic E-state index is 0.0897. The molecule has 4 rings (SSSR count). The molecule has 2 aliphatic rings. The van der Waals surface area contributed by atoms with Gasteiger partial charge < -0.3 is 10.4 Å². The number of nitrogens with one attached hydrogen (secondary N) is 1. The molecule has 1 amide bonds. The monoisotopic (exact) mass is 299 g/mol. The number of aromatic nitrogens is 2. The molecule has 0 spiro atoms. The van der Waals surface area contributed by atoms with Gasteiger partial charge in [-0.2, -0.15) is 5.10 Å². The van der Waals surface area contributed by atoms with E-state index in [1.807, 2.05) is 12.1 Å². The molecule has 0 unspecified atom stereocenters. The average Bonchev–Trinajstić information content (AvgIpc) is 3.20. The van der Waals surface area contributed by atoms with Crippen LogP contribution in [-0.2, 0) is 4.79 Å². The first-order valence-corrected chi connectivity index (χ1v) is 7.59. The van der Waals surface area contributed by atoms with E-state index >= 15 is 0 Å². The Labute approximate surface area is 127 Å². The fourth-order valence-corrected chi connectivity index (χ4v) is 4.07. The average molecular weight is 299 g/mol. The van der Waals surface area contributed by atoms with Crippen molar-refractivity contribution in [1.29, 1.82) is 0 Å². The fourth-order valence-electron chi connectivity index (χ4n) is 4.07. The summed E-state index contributed by atoms with van der Waals surface area (Å²) >= 11 is 0. The molecule has 2 aromatic rings. The number of nitrogens with zero attached hydrogens (tertiary/aromatic N) is 2. The van der Waals surface area contributed by atoms with Crippen LogP contribution in [0.5, 0.6) is 0 Å². The van der Waals surface area contributed by atoms with Crippen molar-refractivity contribution in [1.82, 2.24) is 14.9 Å². The third-order valence-electron chi connectivity index (χ3n) is 5.15. The summed E-state index contributed by atoms with van der Waals surface area (Å²) in [5, 5.41) is 16.4. The van der Waals surface area contributed by atoms with Gasteiger partial charge in [0.05, 0.1) is 11.4 Å². The van der Waals surface area contributed by atoms with Crippen LogP contribution in [0.3, 0.4) is 0 Å². The van der Waals surface area contributed by atoms with Crippen LogP contribution < -0.4 is 5.32 Å². The molecule has 0 aromatic carbocycles. The number of carboxylic acids is 1. The van der Waals surface area contributed by atoms with E-state index in [0.29, 0.717) is 17.9 Å². The second-order valence-corrected chi connectivity index (χ2v) is 6.37. The molecule has 0 aliphatic heterocycles. The Hall–Kier alpha value is -2.37. The van der Waals surface area contributed by atoms with Gasteiger partial charge in [0.15, 0.2) is 0 Å². The molecule has 4 atom stereocenters. The Bertz CT molecular complexity index is 754. The van der Waals surface area contributed by atoms with Crippen molar-refractivity contribution in [2.75, 3.05) is 0 Å². The molecular weight excluding hydrogens is 282 g/mol. The Kier molecular flexibility index (Phi) is 2.92. The number of aliphatic carboxylic acids is 1. The van der Waals surface area contributed by atoms with E-state index in [4.69, 9.17) is 5.11 Å². The molecule has 2 N–H and O–H groups in total. The zero-order chi connectivity index (χ0) is 15.3. The highest BCUT2D eigenvalue weighted by Gasteiger charge is 2.49. The van der Waals surface area contributed by atoms with Crippen molar-refractivity contribution < 1.29 is 14.7 Å². The summed E-state index contributed by atoms with van der Waals surface area (Å²) in [4.78, 5) is 23.5. The number of hydrogen-bond donors (Lipinski definition) is 2. The van der Waals surface area contributed by atoms with E-state index in [1.165, 1.54) is 0 Å². The number of carbonyl (C=O) groups is 2. The van der Waals surface area contributed by atoms with E-state index in [9.17, 15) is 9.59 Å². The first kappa shape index (κ1) is 13.3. The van der Waals surface area contributed by atoms with E-state index in [-0.39, 0.29) is 23.8 Å². The van der Waals surface area contributed by atoms with Gasteiger partial charge >= 0.3 is 5.97 Å². The van der Waals surface area contributed by atoms with Gasteiger partial charge in [0.25, 0.3) is 5.91 Å². The molecule has 2 bridgehead atoms. The molecule has 22 heavy (non-hydrogen) atoms. The lowest BCUT2D eigenvalue weighted by molar-refractivity contribution is -0.143. The molecular formula is C16H17N3O3. The highest BCUT2D eigenvalue weighted by atomic mass is 16.4. The van der Waals surface area contributed by atoms with Crippen LogP contribution in [0.15, 0.2) is 30.6 Å². The summed E-state index contributed by atoms with van der Waals surface area (Å²) in [6.45, 7) is 0. The van der Waals surface area contributed by atoms with Crippen molar-refractivity contribution in [2.45, 2.75) is 25.3 Å². The second-order valence-electron chi connectivity index (χ2n) is 6.37. The number of amides is 1. The van der Waals surface area contributed by atoms with E-state index in [2.05, 4.69) is 10.4 Å². The molecule has 2 fully saturated rings. The summed E-state index contributed by atoms with van der Waals surface area (Å²) < 4.78 is 1.71. The van der Waals surface area contributed by atoms with Crippen LogP contribution in [0.2, 0.25) is 0 Å². The number of pyridine rings is 1. The van der Waals surface area contributed by atoms with E-state index < -0.39 is 5.97 Å². The van der Waals surface area contributed by atoms with Crippen molar-refractivity contribution in [2.24, 2.45) is 17.8 Å². The van der Waals surface area contributed by atoms with Crippen molar-refractivity contribution in [3.8, 4) is 0 Å². The summed E-state index contributed by atoms with van der Waals surface area (Å²) in [7, 11) is 0. The molecule has 2 aromatic heterocycles. The van der Waals surface area contributed by atoms with Gasteiger partial charge in [-0.15, -0.1) is 0 Å². The van der Waals surface area contributed by atoms with E-state index in [1.54, 1.807) is 23.0 Å². The summed E-state index contributed by atoms with van der Waals surface area (Å²) in [5.41, 5.74) is 1.50. The minimum Gasteiger partial charge on any atom is -0.481 e. The normalized spacial score (nSPS) is 29.8. The maximum atomic E-state index is 12.4. The van der Waals surface area contributed by atoms with E-state index in [0.717, 1.165) is 18.4 Å². The predicted octanol–water partition coefficient (Wildman–Crippen LogP) is 1.56. The Morgan fingerprint density at radius 2 is 2.09 bits per heavy atom. The topological polar surface area (TPSA) is 83.7 Å². The molecule has 6 nitrogen and oxygen atoms in total. The minimum atomic E-state index is -0.691. The van der Waals surface area contributed by atoms with Crippen molar-refractivity contribution >= 4 is 17.4 Å². The third-order valence-corrected chi connectivity index (χ3v) is 5.15. The standard InChI is InChI=1S/C16H17N3O3/c20-15(9-2-4-19-12(6-9)1-3-17-19)18-14-8-10-5-11(14)7-13(10)16(21)22/h1-4,6,10-11,13-14H,5,7-8H2,(H,18,20)(H,21,22)/t10-,11-,13-,14-/m1/s1. The van der Waals surface area contributed by atoms with Crippen LogP contribution in [0, 0.1) is 17.8 Å². The maximum Gasteiger partial charge on any atom is 0.306 e. The highest BCUT2D eigenvalue weighted by Crippen LogP contribution is 2.48. The van der Waals surface area contributed by atoms with Crippen LogP contribution in [0.25, 0.3) is 5.52 Å². The Morgan fingerprint density at radius 3 is 2.82 bits per heavy atom. The zero-order valence-corrected chi connectivity index (χ0v) is 12.0. The van der Waals surface area contributed by atoms with Crippen LogP contribution >= 0.6 is 0 Å². The lowest BCUT2D eigenvalue weighted by Gasteiger charge is -2.26. The molecule has 0 saturated heterocycles. The van der Waals surface area contributed by atoms with Gasteiger partial charge in [0.1, 0.15) is 0 Å². The number of fused-ring (bicyclic) bond motifs is 3. The molecule has 6 heteroatoms. The lowest BCUT2D eigenvalue weighted by Crippen LogP contribution is -2.40. The van der Waals surface area contributed by atoms with Crippen LogP contribution in [0.1, 0.15) is 29.6 Å². The Morgan fingerprint density at radius 1 is 1.23 bits per heavy atom. The number of rotatable bonds is 3. The quantitative estimate of drug-likeness (QED) is 0.901. The number of hydrogen-bond acceptors (Lipinski definition) is 3. The van der Waals surface area contributed by atoms with Gasteiger partial charge in [-0.1, -0.05) is 0 Å². The number of carbonyl (C=O) groups excluding carboxylic acids is 1. The predicted molar refractivity (Wildman–Crippen MR) is 78.4 cm³/mol. The van der Waals surface area contributed by atoms with Crippen LogP contribution in [0.4, 0.5) is 0 Å². The van der Waals surface area contributed by atoms with Crippen molar-refractivity contribution in [3.63, 3.8) is 0 Å². The first-order chi connectivity index (χ1) is 10.6. The smallest absolute Gasteiger partial charge is 0.306 e. The SMILES string of the molecule is O=C(N[C@@H]1C[C@H]2C[C@@H]1C[C@H]2C(=O)O)c1ccn2nccc2c1. The molecule has 0 radical (unpaired) electrons. The third kappa shape index (κ3) is 2.06. The summed E-state index contributed by atoms with van der Waals surface area (Å²) in [6, 6.07) is 5.53. The van der Waals surface area contributed by atoms with Gasteiger partial charge in [-0.25, -0.2) is 4.52 Å². The zero-order valence-electron chi connectivity index (χ0n) is 12.0. The molecule has 2 heterocycles. The Balaban J connectivity index is 1.46. The summed E-state index contributed by atoms with van der Waals surface area (Å²) in [6.07, 6.45) is 5.85. The largest absolute Gasteiger partial charge is 0.481 e. The van der Waals surface area contributed by atoms with Gasteiger partial charge in [-0.3, -0.25) is 9.59 Å². The lowest BCUT2D eigenvalue weighted by atomic mass is 9.86. The van der Waals surface area contributed by atoms with Gasteiger partial charge in [-0.05, 0) is 49.3 Å². The van der Waals surface area contributed by atoms with Gasteiger partial charge in [0, 0.05) is 24.0 Å².